The quantitative estimate of drug-likeness (QED) is 0.321. The Balaban J connectivity index is 0. The first-order valence-corrected chi connectivity index (χ1v) is 0. The molecular formula is H4CrF5O. The van der Waals surface area contributed by atoms with Crippen LogP contribution in [0.3, 0.4) is 0 Å². The zero-order chi connectivity index (χ0) is 0. The Hall–Kier alpha value is 0.142. The van der Waals surface area contributed by atoms with Gasteiger partial charge >= 0.3 is 17.4 Å². The fourth-order valence-electron chi connectivity index (χ4n) is 0. The summed E-state index contributed by atoms with van der Waals surface area (Å²) in [4.78, 5) is 0. The van der Waals surface area contributed by atoms with Crippen LogP contribution in [0.4, 0.5) is 0 Å². The molecule has 51 valence electrons. The molecule has 0 atom stereocenters. The van der Waals surface area contributed by atoms with Crippen molar-refractivity contribution in [1.29, 1.82) is 0 Å². The van der Waals surface area contributed by atoms with Gasteiger partial charge in [0.2, 0.25) is 0 Å². The number of hydrogen-bond acceptors (Lipinski definition) is 0. The summed E-state index contributed by atoms with van der Waals surface area (Å²) in [6.45, 7) is 0. The minimum absolute atomic E-state index is 0. The summed E-state index contributed by atoms with van der Waals surface area (Å²) in [5, 5.41) is 0. The Morgan fingerprint density at radius 1 is 0.429 bits per heavy atom. The first-order chi connectivity index (χ1) is 0. The minimum atomic E-state index is 0. The van der Waals surface area contributed by atoms with E-state index in [-0.39, 0.29) is 46.4 Å². The Kier molecular flexibility index (Phi) is 15200000. The van der Waals surface area contributed by atoms with Gasteiger partial charge in [-0.3, -0.25) is 0 Å². The maximum absolute atomic E-state index is 0. The SMILES string of the molecule is [Cr+3].[F-].[F-].[F-].[F-].[F-].[OH4+2]. The normalized spacial score (nSPS) is 0. The van der Waals surface area contributed by atoms with Crippen LogP contribution in [0, 0.1) is 0 Å². The average molecular weight is 167 g/mol. The first-order valence-electron chi connectivity index (χ1n) is 0. The van der Waals surface area contributed by atoms with Crippen molar-refractivity contribution < 1.29 is 46.4 Å². The molecular weight excluding hydrogens is 163 g/mol. The van der Waals surface area contributed by atoms with Crippen LogP contribution in [-0.2, 0) is 22.8 Å². The van der Waals surface area contributed by atoms with Crippen molar-refractivity contribution in [3.63, 3.8) is 0 Å². The van der Waals surface area contributed by atoms with E-state index < -0.39 is 0 Å². The van der Waals surface area contributed by atoms with E-state index >= 15 is 0 Å². The van der Waals surface area contributed by atoms with Gasteiger partial charge < -0.3 is 29.0 Å². The third-order valence-corrected chi connectivity index (χ3v) is 0. The molecule has 0 rings (SSSR count). The van der Waals surface area contributed by atoms with Gasteiger partial charge in [-0.05, 0) is 0 Å². The van der Waals surface area contributed by atoms with Crippen LogP contribution >= 0.6 is 0 Å². The van der Waals surface area contributed by atoms with Crippen LogP contribution in [0.2, 0.25) is 0 Å². The fraction of sp³-hybridized carbons (Fsp3) is 0. The van der Waals surface area contributed by atoms with E-state index in [1.807, 2.05) is 0 Å². The van der Waals surface area contributed by atoms with Gasteiger partial charge in [-0.2, -0.15) is 0 Å². The Morgan fingerprint density at radius 3 is 0.429 bits per heavy atom. The van der Waals surface area contributed by atoms with Crippen molar-refractivity contribution in [2.45, 2.75) is 0 Å². The molecule has 1 nitrogen and oxygen atoms in total. The molecule has 4 N–H and O–H groups in total. The molecule has 7 heavy (non-hydrogen) atoms. The molecule has 0 aliphatic rings. The van der Waals surface area contributed by atoms with Crippen LogP contribution in [0.5, 0.6) is 0 Å². The first kappa shape index (κ1) is 13300. The molecule has 0 amide bonds. The zero-order valence-electron chi connectivity index (χ0n) is 3.01. The molecule has 0 unspecified atom stereocenters. The van der Waals surface area contributed by atoms with Gasteiger partial charge in [0.25, 0.3) is 0 Å². The molecule has 0 aromatic rings. The van der Waals surface area contributed by atoms with Gasteiger partial charge in [0, 0.05) is 0 Å². The van der Waals surface area contributed by atoms with Gasteiger partial charge in [-0.25, -0.2) is 0 Å². The van der Waals surface area contributed by atoms with Crippen LogP contribution in [0.15, 0.2) is 0 Å². The minimum Gasteiger partial charge on any atom is -1.00 e. The second-order valence-electron chi connectivity index (χ2n) is 0. The molecule has 0 fully saturated rings. The molecule has 0 saturated carbocycles. The Labute approximate surface area is 47.4 Å². The molecule has 0 bridgehead atoms. The second-order valence-corrected chi connectivity index (χ2v) is 0. The fourth-order valence-corrected chi connectivity index (χ4v) is 0. The van der Waals surface area contributed by atoms with Gasteiger partial charge in [-0.1, -0.05) is 0 Å². The van der Waals surface area contributed by atoms with E-state index in [9.17, 15) is 0 Å². The van der Waals surface area contributed by atoms with Gasteiger partial charge in [0.15, 0.2) is 0 Å². The van der Waals surface area contributed by atoms with E-state index in [1.165, 1.54) is 0 Å². The van der Waals surface area contributed by atoms with Gasteiger partial charge in [-0.15, -0.1) is 0 Å². The smallest absolute Gasteiger partial charge is 1.00 e. The van der Waals surface area contributed by atoms with E-state index in [1.54, 1.807) is 0 Å². The van der Waals surface area contributed by atoms with Crippen molar-refractivity contribution in [3.05, 3.63) is 0 Å². The van der Waals surface area contributed by atoms with Crippen molar-refractivity contribution in [1.82, 2.24) is 0 Å². The monoisotopic (exact) mass is 167 g/mol. The maximum atomic E-state index is 0. The molecule has 0 aromatic carbocycles. The maximum Gasteiger partial charge on any atom is 3.00 e. The van der Waals surface area contributed by atoms with E-state index in [0.717, 1.165) is 0 Å². The predicted octanol–water partition coefficient (Wildman–Crippen LogP) is -16.2. The molecule has 0 aliphatic heterocycles. The summed E-state index contributed by atoms with van der Waals surface area (Å²) in [5.41, 5.74) is 0. The van der Waals surface area contributed by atoms with Gasteiger partial charge in [0.1, 0.15) is 0 Å². The van der Waals surface area contributed by atoms with Crippen molar-refractivity contribution in [2.24, 2.45) is 0 Å². The third kappa shape index (κ3) is 5190. The standard InChI is InChI=1S/Cr.5FH.H4O/h;5*1H;1H4/q+3;;;;;;+2/p-5. The predicted molar refractivity (Wildman–Crippen MR) is 6.27 cm³/mol. The molecule has 0 aromatic heterocycles. The van der Waals surface area contributed by atoms with E-state index in [0.29, 0.717) is 0 Å². The molecule has 0 spiro atoms. The summed E-state index contributed by atoms with van der Waals surface area (Å²) in [6, 6.07) is 0. The average Bonchev–Trinajstić information content (AvgIpc) is 0. The summed E-state index contributed by atoms with van der Waals surface area (Å²) in [6.07, 6.45) is 0. The summed E-state index contributed by atoms with van der Waals surface area (Å²) in [5.74, 6) is 0. The van der Waals surface area contributed by atoms with Gasteiger partial charge in [0.05, 0.1) is 0 Å². The topological polar surface area (TPSA) is 34.5 Å². The zero-order valence-corrected chi connectivity index (χ0v) is 4.28. The van der Waals surface area contributed by atoms with E-state index in [2.05, 4.69) is 0 Å². The summed E-state index contributed by atoms with van der Waals surface area (Å²) < 4.78 is 0. The molecule has 0 saturated heterocycles. The van der Waals surface area contributed by atoms with Crippen molar-refractivity contribution in [3.8, 4) is 0 Å². The molecule has 7 heteroatoms. The molecule has 0 heterocycles. The number of hydrogen-bond donors (Lipinski definition) is 0. The van der Waals surface area contributed by atoms with E-state index in [4.69, 9.17) is 0 Å². The van der Waals surface area contributed by atoms with Crippen LogP contribution in [-0.4, -0.2) is 0 Å². The van der Waals surface area contributed by atoms with Crippen molar-refractivity contribution in [2.75, 3.05) is 0 Å². The van der Waals surface area contributed by atoms with Crippen molar-refractivity contribution >= 4 is 0 Å². The summed E-state index contributed by atoms with van der Waals surface area (Å²) in [7, 11) is 0. The summed E-state index contributed by atoms with van der Waals surface area (Å²) >= 11 is 0. The molecule has 0 aliphatic carbocycles. The largest absolute Gasteiger partial charge is 3.00 e. The third-order valence-electron chi connectivity index (χ3n) is 0. The molecule has 1 radical (unpaired) electrons. The van der Waals surface area contributed by atoms with Crippen LogP contribution in [0.25, 0.3) is 0 Å². The second kappa shape index (κ2) is 8000. The van der Waals surface area contributed by atoms with Crippen LogP contribution in [0.1, 0.15) is 0 Å². The van der Waals surface area contributed by atoms with Crippen LogP contribution < -0.4 is 23.5 Å². The Morgan fingerprint density at radius 2 is 0.429 bits per heavy atom. The number of rotatable bonds is 0. The Bertz CT molecular complexity index is 8.04. The number of halogens is 5.